The van der Waals surface area contributed by atoms with Gasteiger partial charge in [-0.25, -0.2) is 0 Å². The highest BCUT2D eigenvalue weighted by atomic mass is 16.5. The molecule has 0 spiro atoms. The van der Waals surface area contributed by atoms with Gasteiger partial charge in [0.2, 0.25) is 0 Å². The molecule has 5 heteroatoms. The van der Waals surface area contributed by atoms with Gasteiger partial charge in [-0.3, -0.25) is 0 Å². The lowest BCUT2D eigenvalue weighted by Gasteiger charge is -2.33. The fourth-order valence-corrected chi connectivity index (χ4v) is 8.75. The first-order valence-electron chi connectivity index (χ1n) is 18.0. The van der Waals surface area contributed by atoms with E-state index < -0.39 is 0 Å². The molecule has 2 aliphatic rings. The van der Waals surface area contributed by atoms with Crippen LogP contribution in [-0.2, 0) is 0 Å². The predicted molar refractivity (Wildman–Crippen MR) is 217 cm³/mol. The number of rotatable bonds is 3. The molecule has 2 aliphatic heterocycles. The maximum Gasteiger partial charge on any atom is 0.434 e. The van der Waals surface area contributed by atoms with Gasteiger partial charge in [-0.1, -0.05) is 121 Å². The molecule has 0 amide bonds. The summed E-state index contributed by atoms with van der Waals surface area (Å²) >= 11 is 0. The van der Waals surface area contributed by atoms with Crippen molar-refractivity contribution in [1.82, 2.24) is 4.57 Å². The predicted octanol–water partition coefficient (Wildman–Crippen LogP) is 11.3. The summed E-state index contributed by atoms with van der Waals surface area (Å²) in [5.74, 6) is 2.49. The highest BCUT2D eigenvalue weighted by Crippen LogP contribution is 2.44. The number of aromatic nitrogens is 1. The number of benzene rings is 8. The molecule has 12 rings (SSSR count). The van der Waals surface area contributed by atoms with E-state index in [4.69, 9.17) is 13.8 Å². The van der Waals surface area contributed by atoms with Crippen molar-refractivity contribution in [3.05, 3.63) is 170 Å². The number of hydrogen-bond donors (Lipinski definition) is 0. The van der Waals surface area contributed by atoms with E-state index in [-0.39, 0.29) is 6.92 Å². The number of ether oxygens (including phenoxy) is 1. The molecule has 0 fully saturated rings. The van der Waals surface area contributed by atoms with Crippen LogP contribution in [0, 0.1) is 0 Å². The molecular formula is C48H28BNO3. The van der Waals surface area contributed by atoms with Crippen molar-refractivity contribution >= 4 is 61.6 Å². The van der Waals surface area contributed by atoms with Gasteiger partial charge >= 0.3 is 6.92 Å². The number of furan rings is 1. The van der Waals surface area contributed by atoms with Crippen molar-refractivity contribution in [3.8, 4) is 56.3 Å². The van der Waals surface area contributed by atoms with Gasteiger partial charge in [0.1, 0.15) is 28.4 Å². The van der Waals surface area contributed by atoms with Crippen LogP contribution in [-0.4, -0.2) is 11.5 Å². The molecule has 2 aromatic heterocycles. The van der Waals surface area contributed by atoms with Gasteiger partial charge in [0.05, 0.1) is 16.7 Å². The lowest BCUT2D eigenvalue weighted by molar-refractivity contribution is 0.479. The van der Waals surface area contributed by atoms with Crippen LogP contribution in [0.5, 0.6) is 17.2 Å². The summed E-state index contributed by atoms with van der Waals surface area (Å²) in [6.45, 7) is -0.288. The zero-order chi connectivity index (χ0) is 34.6. The van der Waals surface area contributed by atoms with Gasteiger partial charge in [-0.2, -0.15) is 0 Å². The summed E-state index contributed by atoms with van der Waals surface area (Å²) in [6.07, 6.45) is 0. The molecule has 246 valence electrons. The standard InChI is InChI=1S/C48H28BNO3/c1-5-18-40(50-41-19-6-2-12-33(41)34-13-3-7-20-42(34)50)31(11-1)30-23-25-39-46(28-30)51-45-22-10-16-36-38-27-29(24-26-44(38)53-49(39)47(36)45)32-15-9-17-37-35-14-4-8-21-43(35)52-48(32)37/h1-28H. The summed E-state index contributed by atoms with van der Waals surface area (Å²) in [4.78, 5) is 0. The number of para-hydroxylation sites is 5. The Morgan fingerprint density at radius 1 is 0.434 bits per heavy atom. The highest BCUT2D eigenvalue weighted by molar-refractivity contribution is 6.84. The van der Waals surface area contributed by atoms with Crippen LogP contribution in [0.1, 0.15) is 0 Å². The van der Waals surface area contributed by atoms with E-state index in [2.05, 4.69) is 162 Å². The van der Waals surface area contributed by atoms with Crippen LogP contribution in [0.25, 0.3) is 82.8 Å². The minimum Gasteiger partial charge on any atom is -0.551 e. The smallest absolute Gasteiger partial charge is 0.434 e. The largest absolute Gasteiger partial charge is 0.551 e. The molecular weight excluding hydrogens is 649 g/mol. The number of nitrogens with zero attached hydrogens (tertiary/aromatic N) is 1. The first-order valence-corrected chi connectivity index (χ1v) is 18.0. The first-order chi connectivity index (χ1) is 26.3. The maximum atomic E-state index is 6.91. The van der Waals surface area contributed by atoms with E-state index in [0.717, 1.165) is 89.2 Å². The van der Waals surface area contributed by atoms with Crippen LogP contribution >= 0.6 is 0 Å². The minimum atomic E-state index is -0.288. The van der Waals surface area contributed by atoms with Gasteiger partial charge in [0.25, 0.3) is 0 Å². The minimum absolute atomic E-state index is 0.288. The second-order valence-corrected chi connectivity index (χ2v) is 13.9. The lowest BCUT2D eigenvalue weighted by Crippen LogP contribution is -2.53. The van der Waals surface area contributed by atoms with E-state index in [9.17, 15) is 0 Å². The zero-order valence-corrected chi connectivity index (χ0v) is 28.4. The van der Waals surface area contributed by atoms with Gasteiger partial charge in [0, 0.05) is 49.2 Å². The van der Waals surface area contributed by atoms with E-state index >= 15 is 0 Å². The molecule has 0 atom stereocenters. The molecule has 0 bridgehead atoms. The quantitative estimate of drug-likeness (QED) is 0.175. The average Bonchev–Trinajstić information content (AvgIpc) is 3.77. The summed E-state index contributed by atoms with van der Waals surface area (Å²) < 4.78 is 22.5. The average molecular weight is 678 g/mol. The molecule has 0 aliphatic carbocycles. The number of hydrogen-bond acceptors (Lipinski definition) is 3. The van der Waals surface area contributed by atoms with Crippen LogP contribution in [0.4, 0.5) is 0 Å². The second-order valence-electron chi connectivity index (χ2n) is 13.9. The number of fused-ring (bicyclic) bond motifs is 10. The normalized spacial score (nSPS) is 12.8. The van der Waals surface area contributed by atoms with E-state index in [1.165, 1.54) is 21.8 Å². The Balaban J connectivity index is 0.963. The molecule has 0 unspecified atom stereocenters. The molecule has 0 N–H and O–H groups in total. The van der Waals surface area contributed by atoms with Crippen LogP contribution in [0.15, 0.2) is 174 Å². The maximum absolute atomic E-state index is 6.91. The lowest BCUT2D eigenvalue weighted by atomic mass is 9.50. The van der Waals surface area contributed by atoms with E-state index in [1.807, 2.05) is 12.1 Å². The fourth-order valence-electron chi connectivity index (χ4n) is 8.75. The first kappa shape index (κ1) is 28.7. The van der Waals surface area contributed by atoms with Gasteiger partial charge < -0.3 is 18.4 Å². The molecule has 0 saturated carbocycles. The Morgan fingerprint density at radius 3 is 1.96 bits per heavy atom. The third-order valence-corrected chi connectivity index (χ3v) is 11.1. The van der Waals surface area contributed by atoms with E-state index in [1.54, 1.807) is 0 Å². The summed E-state index contributed by atoms with van der Waals surface area (Å²) in [6, 6.07) is 59.9. The Hall–Kier alpha value is -6.98. The van der Waals surface area contributed by atoms with Crippen molar-refractivity contribution in [2.45, 2.75) is 0 Å². The van der Waals surface area contributed by atoms with Crippen molar-refractivity contribution < 1.29 is 13.8 Å². The molecule has 53 heavy (non-hydrogen) atoms. The third kappa shape index (κ3) is 4.07. The van der Waals surface area contributed by atoms with Crippen molar-refractivity contribution in [3.63, 3.8) is 0 Å². The van der Waals surface area contributed by atoms with E-state index in [0.29, 0.717) is 0 Å². The molecule has 4 heterocycles. The molecule has 4 nitrogen and oxygen atoms in total. The summed E-state index contributed by atoms with van der Waals surface area (Å²) in [7, 11) is 0. The molecule has 8 aromatic carbocycles. The van der Waals surface area contributed by atoms with Crippen molar-refractivity contribution in [1.29, 1.82) is 0 Å². The van der Waals surface area contributed by atoms with Crippen molar-refractivity contribution in [2.24, 2.45) is 0 Å². The molecule has 0 saturated heterocycles. The van der Waals surface area contributed by atoms with Crippen LogP contribution in [0.2, 0.25) is 0 Å². The van der Waals surface area contributed by atoms with Gasteiger partial charge in [-0.05, 0) is 65.2 Å². The van der Waals surface area contributed by atoms with Crippen LogP contribution < -0.4 is 20.3 Å². The Bertz CT molecular complexity index is 3100. The van der Waals surface area contributed by atoms with Crippen LogP contribution in [0.3, 0.4) is 0 Å². The SMILES string of the molecule is c1ccc(-n2c3ccccc3c3ccccc32)c(-c2ccc3c(c2)Oc2cccc4c2B3Oc2ccc(-c3cccc5c3oc3ccccc35)cc2-4)c1. The van der Waals surface area contributed by atoms with Gasteiger partial charge in [-0.15, -0.1) is 0 Å². The topological polar surface area (TPSA) is 36.5 Å². The Labute approximate surface area is 305 Å². The third-order valence-electron chi connectivity index (χ3n) is 11.1. The van der Waals surface area contributed by atoms with Gasteiger partial charge in [0.15, 0.2) is 0 Å². The molecule has 0 radical (unpaired) electrons. The summed E-state index contributed by atoms with van der Waals surface area (Å²) in [5.41, 5.74) is 13.9. The summed E-state index contributed by atoms with van der Waals surface area (Å²) in [5, 5.41) is 4.73. The monoisotopic (exact) mass is 677 g/mol. The molecule has 10 aromatic rings. The highest BCUT2D eigenvalue weighted by Gasteiger charge is 2.40. The fraction of sp³-hybridized carbons (Fsp3) is 0. The van der Waals surface area contributed by atoms with Crippen molar-refractivity contribution in [2.75, 3.05) is 0 Å². The Kier molecular flexibility index (Phi) is 5.83. The Morgan fingerprint density at radius 2 is 1.09 bits per heavy atom. The zero-order valence-electron chi connectivity index (χ0n) is 28.4. The second kappa shape index (κ2) is 10.8.